The van der Waals surface area contributed by atoms with E-state index in [1.165, 1.54) is 0 Å². The number of halogens is 2. The minimum absolute atomic E-state index is 0.0939. The van der Waals surface area contributed by atoms with Crippen molar-refractivity contribution in [1.82, 2.24) is 4.90 Å². The second-order valence-electron chi connectivity index (χ2n) is 3.81. The monoisotopic (exact) mass is 277 g/mol. The van der Waals surface area contributed by atoms with Crippen LogP contribution in [-0.4, -0.2) is 41.4 Å². The van der Waals surface area contributed by atoms with Crippen molar-refractivity contribution in [2.24, 2.45) is 0 Å². The summed E-state index contributed by atoms with van der Waals surface area (Å²) >= 11 is 11.9. The molecule has 0 spiro atoms. The molecule has 0 aliphatic carbocycles. The molecule has 0 aliphatic heterocycles. The van der Waals surface area contributed by atoms with Gasteiger partial charge in [0.25, 0.3) is 0 Å². The van der Waals surface area contributed by atoms with Gasteiger partial charge in [-0.15, -0.1) is 0 Å². The first-order chi connectivity index (χ1) is 8.17. The molecule has 0 fully saturated rings. The van der Waals surface area contributed by atoms with Gasteiger partial charge in [-0.1, -0.05) is 29.3 Å². The lowest BCUT2D eigenvalue weighted by molar-refractivity contribution is 0.174. The largest absolute Gasteiger partial charge is 0.396 e. The summed E-state index contributed by atoms with van der Waals surface area (Å²) < 4.78 is 0. The highest BCUT2D eigenvalue weighted by Crippen LogP contribution is 2.22. The first-order valence-corrected chi connectivity index (χ1v) is 6.31. The van der Waals surface area contributed by atoms with E-state index in [1.807, 2.05) is 11.0 Å². The van der Waals surface area contributed by atoms with Crippen LogP contribution in [0.5, 0.6) is 0 Å². The minimum Gasteiger partial charge on any atom is -0.396 e. The molecule has 0 aromatic heterocycles. The molecule has 0 unspecified atom stereocenters. The van der Waals surface area contributed by atoms with Crippen LogP contribution in [0.4, 0.5) is 0 Å². The number of benzene rings is 1. The normalized spacial score (nSPS) is 11.1. The second kappa shape index (κ2) is 7.90. The Balaban J connectivity index is 2.64. The van der Waals surface area contributed by atoms with Gasteiger partial charge >= 0.3 is 0 Å². The number of hydrogen-bond acceptors (Lipinski definition) is 3. The highest BCUT2D eigenvalue weighted by molar-refractivity contribution is 6.35. The first kappa shape index (κ1) is 14.7. The fourth-order valence-electron chi connectivity index (χ4n) is 1.60. The molecular formula is C12H17Cl2NO2. The maximum atomic E-state index is 8.97. The van der Waals surface area contributed by atoms with Gasteiger partial charge in [0, 0.05) is 36.3 Å². The van der Waals surface area contributed by atoms with E-state index in [-0.39, 0.29) is 13.2 Å². The van der Waals surface area contributed by atoms with E-state index in [0.29, 0.717) is 29.6 Å². The zero-order valence-corrected chi connectivity index (χ0v) is 11.1. The third-order valence-corrected chi connectivity index (χ3v) is 3.04. The lowest BCUT2D eigenvalue weighted by atomic mass is 10.2. The summed E-state index contributed by atoms with van der Waals surface area (Å²) in [5, 5.41) is 19.0. The summed E-state index contributed by atoms with van der Waals surface area (Å²) in [6.07, 6.45) is 0.686. The molecule has 96 valence electrons. The van der Waals surface area contributed by atoms with Gasteiger partial charge < -0.3 is 10.2 Å². The minimum atomic E-state index is 0.0939. The molecule has 0 heterocycles. The molecule has 2 N–H and O–H groups in total. The molecule has 0 aliphatic rings. The van der Waals surface area contributed by atoms with Crippen molar-refractivity contribution in [1.29, 1.82) is 0 Å². The van der Waals surface area contributed by atoms with Crippen LogP contribution < -0.4 is 0 Å². The highest BCUT2D eigenvalue weighted by Gasteiger charge is 2.08. The molecule has 17 heavy (non-hydrogen) atoms. The van der Waals surface area contributed by atoms with Gasteiger partial charge in [-0.25, -0.2) is 0 Å². The maximum Gasteiger partial charge on any atom is 0.0558 e. The summed E-state index contributed by atoms with van der Waals surface area (Å²) in [7, 11) is 0. The predicted molar refractivity (Wildman–Crippen MR) is 70.5 cm³/mol. The maximum absolute atomic E-state index is 8.97. The highest BCUT2D eigenvalue weighted by atomic mass is 35.5. The summed E-state index contributed by atoms with van der Waals surface area (Å²) in [4.78, 5) is 2.05. The summed E-state index contributed by atoms with van der Waals surface area (Å²) in [5.74, 6) is 0. The van der Waals surface area contributed by atoms with E-state index >= 15 is 0 Å². The Morgan fingerprint density at radius 1 is 1.06 bits per heavy atom. The van der Waals surface area contributed by atoms with E-state index in [0.717, 1.165) is 12.1 Å². The molecule has 0 atom stereocenters. The Hall–Kier alpha value is -0.320. The smallest absolute Gasteiger partial charge is 0.0558 e. The van der Waals surface area contributed by atoms with Crippen molar-refractivity contribution in [2.75, 3.05) is 26.3 Å². The van der Waals surface area contributed by atoms with Gasteiger partial charge in [-0.05, 0) is 24.1 Å². The van der Waals surface area contributed by atoms with Crippen molar-refractivity contribution in [3.8, 4) is 0 Å². The number of aliphatic hydroxyl groups excluding tert-OH is 2. The van der Waals surface area contributed by atoms with Crippen LogP contribution >= 0.6 is 23.2 Å². The molecular weight excluding hydrogens is 261 g/mol. The Kier molecular flexibility index (Phi) is 6.85. The van der Waals surface area contributed by atoms with Crippen LogP contribution in [0.3, 0.4) is 0 Å². The Labute approximate surface area is 112 Å². The average Bonchev–Trinajstić information content (AvgIpc) is 2.29. The average molecular weight is 278 g/mol. The van der Waals surface area contributed by atoms with Crippen molar-refractivity contribution >= 4 is 23.2 Å². The SMILES string of the molecule is OCCCN(CCO)Cc1ccc(Cl)cc1Cl. The van der Waals surface area contributed by atoms with Gasteiger partial charge in [0.15, 0.2) is 0 Å². The van der Waals surface area contributed by atoms with Crippen LogP contribution in [-0.2, 0) is 6.54 Å². The van der Waals surface area contributed by atoms with Crippen molar-refractivity contribution in [2.45, 2.75) is 13.0 Å². The number of hydrogen-bond donors (Lipinski definition) is 2. The molecule has 0 bridgehead atoms. The molecule has 0 saturated heterocycles. The second-order valence-corrected chi connectivity index (χ2v) is 4.66. The molecule has 0 amide bonds. The Bertz CT molecular complexity index is 347. The zero-order chi connectivity index (χ0) is 12.7. The van der Waals surface area contributed by atoms with E-state index in [2.05, 4.69) is 0 Å². The topological polar surface area (TPSA) is 43.7 Å². The van der Waals surface area contributed by atoms with Gasteiger partial charge in [0.2, 0.25) is 0 Å². The molecule has 0 saturated carbocycles. The summed E-state index contributed by atoms with van der Waals surface area (Å²) in [6.45, 7) is 2.19. The number of rotatable bonds is 7. The quantitative estimate of drug-likeness (QED) is 0.803. The number of nitrogens with zero attached hydrogens (tertiary/aromatic N) is 1. The lowest BCUT2D eigenvalue weighted by Crippen LogP contribution is -2.28. The van der Waals surface area contributed by atoms with E-state index < -0.39 is 0 Å². The van der Waals surface area contributed by atoms with Crippen LogP contribution in [0.2, 0.25) is 10.0 Å². The third-order valence-electron chi connectivity index (χ3n) is 2.46. The van der Waals surface area contributed by atoms with E-state index in [9.17, 15) is 0 Å². The van der Waals surface area contributed by atoms with E-state index in [1.54, 1.807) is 12.1 Å². The van der Waals surface area contributed by atoms with Gasteiger partial charge in [0.05, 0.1) is 6.61 Å². The van der Waals surface area contributed by atoms with Crippen molar-refractivity contribution in [3.63, 3.8) is 0 Å². The molecule has 1 aromatic carbocycles. The molecule has 1 aromatic rings. The van der Waals surface area contributed by atoms with Gasteiger partial charge in [-0.2, -0.15) is 0 Å². The fraction of sp³-hybridized carbons (Fsp3) is 0.500. The number of aliphatic hydroxyl groups is 2. The van der Waals surface area contributed by atoms with Gasteiger partial charge in [0.1, 0.15) is 0 Å². The van der Waals surface area contributed by atoms with Crippen LogP contribution in [0.25, 0.3) is 0 Å². The van der Waals surface area contributed by atoms with Gasteiger partial charge in [-0.3, -0.25) is 4.90 Å². The third kappa shape index (κ3) is 5.23. The lowest BCUT2D eigenvalue weighted by Gasteiger charge is -2.21. The molecule has 3 nitrogen and oxygen atoms in total. The standard InChI is InChI=1S/C12H17Cl2NO2/c13-11-3-2-10(12(14)8-11)9-15(5-7-17)4-1-6-16/h2-3,8,16-17H,1,4-7,9H2. The summed E-state index contributed by atoms with van der Waals surface area (Å²) in [6, 6.07) is 5.39. The Morgan fingerprint density at radius 2 is 1.82 bits per heavy atom. The van der Waals surface area contributed by atoms with E-state index in [4.69, 9.17) is 33.4 Å². The van der Waals surface area contributed by atoms with Crippen LogP contribution in [0, 0.1) is 0 Å². The van der Waals surface area contributed by atoms with Crippen LogP contribution in [0.15, 0.2) is 18.2 Å². The Morgan fingerprint density at radius 3 is 2.41 bits per heavy atom. The van der Waals surface area contributed by atoms with Crippen LogP contribution in [0.1, 0.15) is 12.0 Å². The molecule has 1 rings (SSSR count). The van der Waals surface area contributed by atoms with Crippen molar-refractivity contribution < 1.29 is 10.2 Å². The molecule has 0 radical (unpaired) electrons. The fourth-order valence-corrected chi connectivity index (χ4v) is 2.06. The zero-order valence-electron chi connectivity index (χ0n) is 9.57. The van der Waals surface area contributed by atoms with Crippen molar-refractivity contribution in [3.05, 3.63) is 33.8 Å². The molecule has 5 heteroatoms. The first-order valence-electron chi connectivity index (χ1n) is 5.55. The predicted octanol–water partition coefficient (Wildman–Crippen LogP) is 2.17. The summed E-state index contributed by atoms with van der Waals surface area (Å²) in [5.41, 5.74) is 0.974.